The van der Waals surface area contributed by atoms with Crippen molar-refractivity contribution in [1.29, 1.82) is 0 Å². The summed E-state index contributed by atoms with van der Waals surface area (Å²) in [4.78, 5) is 0. The molecule has 0 aromatic heterocycles. The predicted molar refractivity (Wildman–Crippen MR) is 81.2 cm³/mol. The fourth-order valence-corrected chi connectivity index (χ4v) is 2.39. The molecular weight excluding hydrogens is 218 g/mol. The Labute approximate surface area is 110 Å². The second-order valence-electron chi connectivity index (χ2n) is 5.07. The summed E-state index contributed by atoms with van der Waals surface area (Å²) in [6.45, 7) is 4.53. The van der Waals surface area contributed by atoms with Gasteiger partial charge in [-0.1, -0.05) is 62.6 Å². The summed E-state index contributed by atoms with van der Waals surface area (Å²) < 4.78 is 0. The van der Waals surface area contributed by atoms with Crippen LogP contribution in [0.25, 0.3) is 10.8 Å². The van der Waals surface area contributed by atoms with Gasteiger partial charge in [-0.2, -0.15) is 0 Å². The normalized spacial score (nSPS) is 12.6. The fourth-order valence-electron chi connectivity index (χ4n) is 2.39. The highest BCUT2D eigenvalue weighted by Gasteiger charge is 2.04. The Morgan fingerprint density at radius 1 is 1.00 bits per heavy atom. The molecule has 0 bridgehead atoms. The molecule has 1 nitrogen and oxygen atoms in total. The van der Waals surface area contributed by atoms with E-state index in [-0.39, 0.29) is 0 Å². The molecule has 0 spiro atoms. The summed E-state index contributed by atoms with van der Waals surface area (Å²) in [5.41, 5.74) is 1.26. The van der Waals surface area contributed by atoms with Gasteiger partial charge in [0.2, 0.25) is 0 Å². The summed E-state index contributed by atoms with van der Waals surface area (Å²) in [5.74, 6) is 0. The minimum atomic E-state index is 0.544. The van der Waals surface area contributed by atoms with Crippen molar-refractivity contribution in [3.05, 3.63) is 42.5 Å². The third kappa shape index (κ3) is 3.25. The van der Waals surface area contributed by atoms with Gasteiger partial charge in [0.25, 0.3) is 0 Å². The Kier molecular flexibility index (Phi) is 4.63. The maximum atomic E-state index is 3.64. The molecule has 1 unspecified atom stereocenters. The Hall–Kier alpha value is -1.50. The number of anilines is 1. The van der Waals surface area contributed by atoms with Crippen LogP contribution in [0.2, 0.25) is 0 Å². The van der Waals surface area contributed by atoms with E-state index in [9.17, 15) is 0 Å². The van der Waals surface area contributed by atoms with Crippen molar-refractivity contribution in [3.8, 4) is 0 Å². The molecule has 0 radical (unpaired) electrons. The predicted octanol–water partition coefficient (Wildman–Crippen LogP) is 5.22. The maximum absolute atomic E-state index is 3.64. The van der Waals surface area contributed by atoms with Crippen LogP contribution < -0.4 is 5.32 Å². The Morgan fingerprint density at radius 3 is 2.61 bits per heavy atom. The van der Waals surface area contributed by atoms with Crippen LogP contribution in [0.1, 0.15) is 39.5 Å². The van der Waals surface area contributed by atoms with Gasteiger partial charge < -0.3 is 5.32 Å². The molecule has 0 saturated heterocycles. The van der Waals surface area contributed by atoms with E-state index in [1.54, 1.807) is 0 Å². The summed E-state index contributed by atoms with van der Waals surface area (Å²) in [5, 5.41) is 6.27. The van der Waals surface area contributed by atoms with Gasteiger partial charge in [0.1, 0.15) is 0 Å². The molecule has 0 aliphatic rings. The van der Waals surface area contributed by atoms with Gasteiger partial charge in [-0.05, 0) is 24.8 Å². The van der Waals surface area contributed by atoms with E-state index in [1.807, 2.05) is 0 Å². The van der Waals surface area contributed by atoms with Crippen molar-refractivity contribution in [2.45, 2.75) is 45.6 Å². The smallest absolute Gasteiger partial charge is 0.0421 e. The average molecular weight is 241 g/mol. The first-order chi connectivity index (χ1) is 8.81. The van der Waals surface area contributed by atoms with Crippen LogP contribution in [0.5, 0.6) is 0 Å². The van der Waals surface area contributed by atoms with Gasteiger partial charge in [-0.3, -0.25) is 0 Å². The molecule has 0 saturated carbocycles. The molecule has 0 fully saturated rings. The molecule has 96 valence electrons. The Morgan fingerprint density at radius 2 is 1.78 bits per heavy atom. The molecule has 0 amide bonds. The van der Waals surface area contributed by atoms with Crippen LogP contribution in [0, 0.1) is 0 Å². The number of benzene rings is 2. The highest BCUT2D eigenvalue weighted by molar-refractivity contribution is 5.93. The highest BCUT2D eigenvalue weighted by atomic mass is 14.9. The molecular formula is C17H23N. The standard InChI is InChI=1S/C17H23N/c1-3-4-5-9-14(2)18-17-13-8-11-15-10-6-7-12-16(15)17/h6-8,10-14,18H,3-5,9H2,1-2H3. The minimum Gasteiger partial charge on any atom is -0.382 e. The van der Waals surface area contributed by atoms with Gasteiger partial charge in [-0.15, -0.1) is 0 Å². The van der Waals surface area contributed by atoms with Crippen LogP contribution in [0.3, 0.4) is 0 Å². The number of hydrogen-bond acceptors (Lipinski definition) is 1. The molecule has 1 atom stereocenters. The van der Waals surface area contributed by atoms with Gasteiger partial charge in [0, 0.05) is 17.1 Å². The zero-order chi connectivity index (χ0) is 12.8. The monoisotopic (exact) mass is 241 g/mol. The molecule has 2 aromatic carbocycles. The molecule has 1 N–H and O–H groups in total. The summed E-state index contributed by atoms with van der Waals surface area (Å²) in [7, 11) is 0. The lowest BCUT2D eigenvalue weighted by Crippen LogP contribution is -2.14. The molecule has 2 rings (SSSR count). The fraction of sp³-hybridized carbons (Fsp3) is 0.412. The van der Waals surface area contributed by atoms with E-state index < -0.39 is 0 Å². The van der Waals surface area contributed by atoms with E-state index in [0.29, 0.717) is 6.04 Å². The second kappa shape index (κ2) is 6.44. The molecule has 1 heteroatoms. The van der Waals surface area contributed by atoms with Crippen molar-refractivity contribution in [1.82, 2.24) is 0 Å². The molecule has 0 aliphatic carbocycles. The van der Waals surface area contributed by atoms with E-state index >= 15 is 0 Å². The quantitative estimate of drug-likeness (QED) is 0.684. The van der Waals surface area contributed by atoms with E-state index in [2.05, 4.69) is 61.6 Å². The third-order valence-corrected chi connectivity index (χ3v) is 3.43. The number of rotatable bonds is 6. The van der Waals surface area contributed by atoms with Crippen LogP contribution in [-0.2, 0) is 0 Å². The topological polar surface area (TPSA) is 12.0 Å². The molecule has 18 heavy (non-hydrogen) atoms. The first-order valence-electron chi connectivity index (χ1n) is 7.05. The lowest BCUT2D eigenvalue weighted by Gasteiger charge is -2.16. The number of unbranched alkanes of at least 4 members (excludes halogenated alkanes) is 2. The van der Waals surface area contributed by atoms with Gasteiger partial charge in [0.05, 0.1) is 0 Å². The lowest BCUT2D eigenvalue weighted by atomic mass is 10.1. The molecule has 0 aliphatic heterocycles. The van der Waals surface area contributed by atoms with E-state index in [1.165, 1.54) is 42.1 Å². The lowest BCUT2D eigenvalue weighted by molar-refractivity contribution is 0.615. The number of fused-ring (bicyclic) bond motifs is 1. The Balaban J connectivity index is 2.07. The first-order valence-corrected chi connectivity index (χ1v) is 7.05. The van der Waals surface area contributed by atoms with Crippen LogP contribution >= 0.6 is 0 Å². The number of hydrogen-bond donors (Lipinski definition) is 1. The summed E-state index contributed by atoms with van der Waals surface area (Å²) >= 11 is 0. The first kappa shape index (κ1) is 12.9. The largest absolute Gasteiger partial charge is 0.382 e. The molecule has 0 heterocycles. The van der Waals surface area contributed by atoms with Crippen LogP contribution in [-0.4, -0.2) is 6.04 Å². The minimum absolute atomic E-state index is 0.544. The van der Waals surface area contributed by atoms with E-state index in [4.69, 9.17) is 0 Å². The van der Waals surface area contributed by atoms with Crippen molar-refractivity contribution in [3.63, 3.8) is 0 Å². The second-order valence-corrected chi connectivity index (χ2v) is 5.07. The van der Waals surface area contributed by atoms with Crippen molar-refractivity contribution < 1.29 is 0 Å². The summed E-state index contributed by atoms with van der Waals surface area (Å²) in [6, 6.07) is 15.6. The van der Waals surface area contributed by atoms with Gasteiger partial charge in [0.15, 0.2) is 0 Å². The zero-order valence-electron chi connectivity index (χ0n) is 11.4. The zero-order valence-corrected chi connectivity index (χ0v) is 11.4. The third-order valence-electron chi connectivity index (χ3n) is 3.43. The molecule has 2 aromatic rings. The van der Waals surface area contributed by atoms with Gasteiger partial charge >= 0.3 is 0 Å². The van der Waals surface area contributed by atoms with Crippen molar-refractivity contribution in [2.75, 3.05) is 5.32 Å². The van der Waals surface area contributed by atoms with Crippen LogP contribution in [0.15, 0.2) is 42.5 Å². The summed E-state index contributed by atoms with van der Waals surface area (Å²) in [6.07, 6.45) is 5.19. The number of nitrogens with one attached hydrogen (secondary N) is 1. The maximum Gasteiger partial charge on any atom is 0.0421 e. The van der Waals surface area contributed by atoms with Gasteiger partial charge in [-0.25, -0.2) is 0 Å². The van der Waals surface area contributed by atoms with E-state index in [0.717, 1.165) is 0 Å². The van der Waals surface area contributed by atoms with Crippen LogP contribution in [0.4, 0.5) is 5.69 Å². The van der Waals surface area contributed by atoms with Crippen molar-refractivity contribution >= 4 is 16.5 Å². The average Bonchev–Trinajstić information content (AvgIpc) is 2.39. The SMILES string of the molecule is CCCCCC(C)Nc1cccc2ccccc12. The Bertz CT molecular complexity index is 484. The van der Waals surface area contributed by atoms with Crippen molar-refractivity contribution in [2.24, 2.45) is 0 Å². The highest BCUT2D eigenvalue weighted by Crippen LogP contribution is 2.24.